The molecule has 0 bridgehead atoms. The highest BCUT2D eigenvalue weighted by Gasteiger charge is 2.37. The van der Waals surface area contributed by atoms with Crippen LogP contribution in [0.1, 0.15) is 11.1 Å². The summed E-state index contributed by atoms with van der Waals surface area (Å²) < 4.78 is 31.6. The molecule has 0 aliphatic carbocycles. The van der Waals surface area contributed by atoms with Gasteiger partial charge in [-0.05, 0) is 11.6 Å². The van der Waals surface area contributed by atoms with E-state index in [1.165, 1.54) is 10.5 Å². The maximum atomic E-state index is 12.3. The Bertz CT molecular complexity index is 808. The molecule has 2 aromatic rings. The van der Waals surface area contributed by atoms with Gasteiger partial charge in [0.1, 0.15) is 12.2 Å². The molecule has 7 heteroatoms. The van der Waals surface area contributed by atoms with Gasteiger partial charge in [-0.25, -0.2) is 13.4 Å². The van der Waals surface area contributed by atoms with E-state index in [4.69, 9.17) is 10.00 Å². The third-order valence-electron chi connectivity index (χ3n) is 3.55. The number of nitrogens with zero attached hydrogens (tertiary/aromatic N) is 3. The van der Waals surface area contributed by atoms with E-state index in [1.807, 2.05) is 24.3 Å². The predicted octanol–water partition coefficient (Wildman–Crippen LogP) is 1.55. The number of rotatable bonds is 5. The van der Waals surface area contributed by atoms with Gasteiger partial charge in [-0.2, -0.15) is 9.57 Å². The van der Waals surface area contributed by atoms with Crippen LogP contribution in [0.5, 0.6) is 5.88 Å². The molecule has 1 fully saturated rings. The average Bonchev–Trinajstić information content (AvgIpc) is 2.51. The van der Waals surface area contributed by atoms with Crippen molar-refractivity contribution in [3.8, 4) is 11.9 Å². The summed E-state index contributed by atoms with van der Waals surface area (Å²) in [4.78, 5) is 4.01. The molecule has 23 heavy (non-hydrogen) atoms. The third kappa shape index (κ3) is 3.67. The standard InChI is InChI=1S/C16H15N3O3S/c17-8-14-6-7-16(18-9-14)22-15-10-19(11-15)23(20,21)12-13-4-2-1-3-5-13/h1-7,9,15H,10-12H2. The Morgan fingerprint density at radius 1 is 1.22 bits per heavy atom. The van der Waals surface area contributed by atoms with Gasteiger partial charge in [0.25, 0.3) is 0 Å². The number of pyridine rings is 1. The van der Waals surface area contributed by atoms with E-state index < -0.39 is 10.0 Å². The maximum absolute atomic E-state index is 12.3. The minimum atomic E-state index is -3.32. The van der Waals surface area contributed by atoms with Crippen molar-refractivity contribution in [3.63, 3.8) is 0 Å². The summed E-state index contributed by atoms with van der Waals surface area (Å²) in [6.45, 7) is 0.633. The van der Waals surface area contributed by atoms with Crippen LogP contribution in [-0.4, -0.2) is 36.9 Å². The van der Waals surface area contributed by atoms with E-state index in [0.29, 0.717) is 24.5 Å². The number of nitriles is 1. The van der Waals surface area contributed by atoms with E-state index in [1.54, 1.807) is 24.3 Å². The van der Waals surface area contributed by atoms with Crippen molar-refractivity contribution in [3.05, 3.63) is 59.8 Å². The van der Waals surface area contributed by atoms with Crippen molar-refractivity contribution in [2.75, 3.05) is 13.1 Å². The highest BCUT2D eigenvalue weighted by atomic mass is 32.2. The van der Waals surface area contributed by atoms with Crippen molar-refractivity contribution in [1.29, 1.82) is 5.26 Å². The van der Waals surface area contributed by atoms with Crippen molar-refractivity contribution in [1.82, 2.24) is 9.29 Å². The van der Waals surface area contributed by atoms with Crippen LogP contribution in [0, 0.1) is 11.3 Å². The van der Waals surface area contributed by atoms with E-state index in [2.05, 4.69) is 4.98 Å². The molecular formula is C16H15N3O3S. The topological polar surface area (TPSA) is 83.3 Å². The summed E-state index contributed by atoms with van der Waals surface area (Å²) >= 11 is 0. The molecule has 1 aromatic carbocycles. The van der Waals surface area contributed by atoms with Crippen molar-refractivity contribution in [2.45, 2.75) is 11.9 Å². The lowest BCUT2D eigenvalue weighted by Gasteiger charge is -2.37. The van der Waals surface area contributed by atoms with Crippen LogP contribution in [0.3, 0.4) is 0 Å². The van der Waals surface area contributed by atoms with Crippen LogP contribution in [0.25, 0.3) is 0 Å². The van der Waals surface area contributed by atoms with Crippen LogP contribution in [0.4, 0.5) is 0 Å². The Kier molecular flexibility index (Phi) is 4.28. The first kappa shape index (κ1) is 15.5. The Morgan fingerprint density at radius 3 is 2.57 bits per heavy atom. The van der Waals surface area contributed by atoms with Gasteiger partial charge in [-0.3, -0.25) is 0 Å². The number of hydrogen-bond acceptors (Lipinski definition) is 5. The molecule has 0 atom stereocenters. The molecule has 0 saturated carbocycles. The molecule has 1 saturated heterocycles. The minimum Gasteiger partial charge on any atom is -0.472 e. The zero-order valence-corrected chi connectivity index (χ0v) is 13.1. The molecule has 0 unspecified atom stereocenters. The van der Waals surface area contributed by atoms with Crippen LogP contribution < -0.4 is 4.74 Å². The summed E-state index contributed by atoms with van der Waals surface area (Å²) in [5.74, 6) is 0.393. The number of hydrogen-bond donors (Lipinski definition) is 0. The Balaban J connectivity index is 1.54. The molecule has 0 N–H and O–H groups in total. The number of ether oxygens (including phenoxy) is 1. The zero-order chi connectivity index (χ0) is 16.3. The first-order valence-electron chi connectivity index (χ1n) is 7.11. The molecule has 3 rings (SSSR count). The second kappa shape index (κ2) is 6.36. The molecule has 1 aliphatic heterocycles. The van der Waals surface area contributed by atoms with E-state index in [0.717, 1.165) is 5.56 Å². The SMILES string of the molecule is N#Cc1ccc(OC2CN(S(=O)(=O)Cc3ccccc3)C2)nc1. The van der Waals surface area contributed by atoms with Gasteiger partial charge in [0.05, 0.1) is 24.4 Å². The summed E-state index contributed by atoms with van der Waals surface area (Å²) in [6.07, 6.45) is 1.22. The summed E-state index contributed by atoms with van der Waals surface area (Å²) in [5, 5.41) is 8.71. The molecule has 0 radical (unpaired) electrons. The smallest absolute Gasteiger partial charge is 0.218 e. The molecule has 2 heterocycles. The second-order valence-corrected chi connectivity index (χ2v) is 7.26. The highest BCUT2D eigenvalue weighted by Crippen LogP contribution is 2.21. The molecule has 1 aliphatic rings. The predicted molar refractivity (Wildman–Crippen MR) is 84.0 cm³/mol. The first-order chi connectivity index (χ1) is 11.1. The largest absolute Gasteiger partial charge is 0.472 e. The minimum absolute atomic E-state index is 0.00429. The molecular weight excluding hydrogens is 314 g/mol. The van der Waals surface area contributed by atoms with Gasteiger partial charge < -0.3 is 4.74 Å². The van der Waals surface area contributed by atoms with Crippen LogP contribution >= 0.6 is 0 Å². The number of sulfonamides is 1. The van der Waals surface area contributed by atoms with Crippen molar-refractivity contribution >= 4 is 10.0 Å². The summed E-state index contributed by atoms with van der Waals surface area (Å²) in [6, 6.07) is 14.3. The molecule has 1 aromatic heterocycles. The molecule has 0 amide bonds. The van der Waals surface area contributed by atoms with E-state index in [9.17, 15) is 8.42 Å². The lowest BCUT2D eigenvalue weighted by Crippen LogP contribution is -2.56. The normalized spacial score (nSPS) is 15.6. The molecule has 118 valence electrons. The van der Waals surface area contributed by atoms with Gasteiger partial charge in [0.2, 0.25) is 15.9 Å². The highest BCUT2D eigenvalue weighted by molar-refractivity contribution is 7.88. The summed E-state index contributed by atoms with van der Waals surface area (Å²) in [5.41, 5.74) is 1.23. The van der Waals surface area contributed by atoms with Crippen molar-refractivity contribution in [2.24, 2.45) is 0 Å². The van der Waals surface area contributed by atoms with Gasteiger partial charge in [-0.1, -0.05) is 30.3 Å². The Hall–Kier alpha value is -2.43. The fourth-order valence-corrected chi connectivity index (χ4v) is 3.85. The quantitative estimate of drug-likeness (QED) is 0.831. The van der Waals surface area contributed by atoms with Crippen LogP contribution in [0.15, 0.2) is 48.7 Å². The average molecular weight is 329 g/mol. The lowest BCUT2D eigenvalue weighted by molar-refractivity contribution is 0.0720. The molecule has 0 spiro atoms. The number of benzene rings is 1. The second-order valence-electron chi connectivity index (χ2n) is 5.30. The lowest BCUT2D eigenvalue weighted by atomic mass is 10.2. The Morgan fingerprint density at radius 2 is 1.96 bits per heavy atom. The van der Waals surface area contributed by atoms with Crippen molar-refractivity contribution < 1.29 is 13.2 Å². The fourth-order valence-electron chi connectivity index (χ4n) is 2.27. The van der Waals surface area contributed by atoms with Gasteiger partial charge in [-0.15, -0.1) is 0 Å². The van der Waals surface area contributed by atoms with Crippen LogP contribution in [-0.2, 0) is 15.8 Å². The Labute approximate surface area is 135 Å². The zero-order valence-electron chi connectivity index (χ0n) is 12.3. The van der Waals surface area contributed by atoms with E-state index in [-0.39, 0.29) is 11.9 Å². The van der Waals surface area contributed by atoms with Gasteiger partial charge in [0.15, 0.2) is 0 Å². The summed E-state index contributed by atoms with van der Waals surface area (Å²) in [7, 11) is -3.32. The number of aromatic nitrogens is 1. The van der Waals surface area contributed by atoms with E-state index >= 15 is 0 Å². The molecule has 6 nitrogen and oxygen atoms in total. The first-order valence-corrected chi connectivity index (χ1v) is 8.72. The van der Waals surface area contributed by atoms with Gasteiger partial charge in [0, 0.05) is 12.3 Å². The monoisotopic (exact) mass is 329 g/mol. The van der Waals surface area contributed by atoms with Crippen LogP contribution in [0.2, 0.25) is 0 Å². The third-order valence-corrected chi connectivity index (χ3v) is 5.34. The maximum Gasteiger partial charge on any atom is 0.218 e. The fraction of sp³-hybridized carbons (Fsp3) is 0.250. The van der Waals surface area contributed by atoms with Gasteiger partial charge >= 0.3 is 0 Å².